The summed E-state index contributed by atoms with van der Waals surface area (Å²) >= 11 is 12.1. The van der Waals surface area contributed by atoms with Crippen LogP contribution in [0.5, 0.6) is 5.75 Å². The molecular formula is C25H26Cl2N2O4S. The van der Waals surface area contributed by atoms with Gasteiger partial charge in [0, 0.05) is 12.1 Å². The summed E-state index contributed by atoms with van der Waals surface area (Å²) in [6.07, 6.45) is 0. The lowest BCUT2D eigenvalue weighted by Gasteiger charge is -2.24. The molecule has 3 aromatic carbocycles. The van der Waals surface area contributed by atoms with Crippen LogP contribution in [0.4, 0.5) is 0 Å². The molecule has 0 aliphatic heterocycles. The average molecular weight is 521 g/mol. The van der Waals surface area contributed by atoms with Crippen molar-refractivity contribution in [3.8, 4) is 5.75 Å². The maximum Gasteiger partial charge on any atom is 0.243 e. The van der Waals surface area contributed by atoms with Crippen molar-refractivity contribution in [2.45, 2.75) is 31.3 Å². The highest BCUT2D eigenvalue weighted by Crippen LogP contribution is 2.26. The molecule has 1 N–H and O–H groups in total. The van der Waals surface area contributed by atoms with E-state index in [2.05, 4.69) is 5.32 Å². The Balaban J connectivity index is 1.87. The lowest BCUT2D eigenvalue weighted by atomic mass is 10.1. The summed E-state index contributed by atoms with van der Waals surface area (Å²) in [4.78, 5) is 13.1. The fourth-order valence-corrected chi connectivity index (χ4v) is 5.18. The molecule has 34 heavy (non-hydrogen) atoms. The lowest BCUT2D eigenvalue weighted by molar-refractivity contribution is -0.122. The molecule has 0 aromatic heterocycles. The molecule has 0 aliphatic rings. The second-order valence-electron chi connectivity index (χ2n) is 7.87. The van der Waals surface area contributed by atoms with Crippen molar-refractivity contribution in [2.75, 3.05) is 13.7 Å². The number of aryl methyl sites for hydroxylation is 1. The lowest BCUT2D eigenvalue weighted by Crippen LogP contribution is -2.41. The minimum Gasteiger partial charge on any atom is -0.496 e. The van der Waals surface area contributed by atoms with Crippen molar-refractivity contribution in [1.82, 2.24) is 9.62 Å². The predicted molar refractivity (Wildman–Crippen MR) is 135 cm³/mol. The van der Waals surface area contributed by atoms with Gasteiger partial charge in [-0.1, -0.05) is 65.2 Å². The van der Waals surface area contributed by atoms with Crippen LogP contribution in [-0.4, -0.2) is 32.3 Å². The molecule has 0 radical (unpaired) electrons. The Morgan fingerprint density at radius 1 is 1.03 bits per heavy atom. The molecule has 0 bridgehead atoms. The van der Waals surface area contributed by atoms with Gasteiger partial charge < -0.3 is 10.1 Å². The summed E-state index contributed by atoms with van der Waals surface area (Å²) in [6.45, 7) is 3.25. The molecule has 180 valence electrons. The van der Waals surface area contributed by atoms with Gasteiger partial charge >= 0.3 is 0 Å². The second kappa shape index (κ2) is 11.2. The molecule has 0 saturated heterocycles. The minimum absolute atomic E-state index is 0.0520. The monoisotopic (exact) mass is 520 g/mol. The SMILES string of the molecule is COc1ccccc1C(C)NC(=O)CN(Cc1ccc(Cl)c(Cl)c1)S(=O)(=O)c1ccc(C)cc1. The zero-order valence-electron chi connectivity index (χ0n) is 19.1. The van der Waals surface area contributed by atoms with Gasteiger partial charge in [0.25, 0.3) is 0 Å². The molecule has 0 aliphatic carbocycles. The van der Waals surface area contributed by atoms with Crippen LogP contribution in [0.15, 0.2) is 71.6 Å². The molecule has 3 rings (SSSR count). The van der Waals surface area contributed by atoms with E-state index in [1.54, 1.807) is 43.5 Å². The summed E-state index contributed by atoms with van der Waals surface area (Å²) in [5, 5.41) is 3.54. The largest absolute Gasteiger partial charge is 0.496 e. The summed E-state index contributed by atoms with van der Waals surface area (Å²) in [7, 11) is -2.42. The Labute approximate surface area is 210 Å². The number of rotatable bonds is 9. The van der Waals surface area contributed by atoms with E-state index < -0.39 is 22.0 Å². The average Bonchev–Trinajstić information content (AvgIpc) is 2.81. The number of ether oxygens (including phenoxy) is 1. The van der Waals surface area contributed by atoms with Gasteiger partial charge in [0.15, 0.2) is 0 Å². The summed E-state index contributed by atoms with van der Waals surface area (Å²) in [5.74, 6) is 0.185. The molecule has 3 aromatic rings. The number of nitrogens with zero attached hydrogens (tertiary/aromatic N) is 1. The standard InChI is InChI=1S/C25H26Cl2N2O4S/c1-17-8-11-20(12-9-17)34(31,32)29(15-19-10-13-22(26)23(27)14-19)16-25(30)28-18(2)21-6-4-5-7-24(21)33-3/h4-14,18H,15-16H2,1-3H3,(H,28,30). The highest BCUT2D eigenvalue weighted by molar-refractivity contribution is 7.89. The van der Waals surface area contributed by atoms with E-state index in [0.29, 0.717) is 21.4 Å². The van der Waals surface area contributed by atoms with Crippen molar-refractivity contribution < 1.29 is 17.9 Å². The first-order chi connectivity index (χ1) is 16.1. The van der Waals surface area contributed by atoms with Gasteiger partial charge in [-0.2, -0.15) is 4.31 Å². The van der Waals surface area contributed by atoms with Crippen LogP contribution < -0.4 is 10.1 Å². The molecule has 0 spiro atoms. The first kappa shape index (κ1) is 26.0. The third-order valence-electron chi connectivity index (χ3n) is 5.30. The van der Waals surface area contributed by atoms with Crippen LogP contribution >= 0.6 is 23.2 Å². The topological polar surface area (TPSA) is 75.7 Å². The summed E-state index contributed by atoms with van der Waals surface area (Å²) in [6, 6.07) is 18.3. The normalized spacial score (nSPS) is 12.4. The van der Waals surface area contributed by atoms with Gasteiger partial charge in [-0.15, -0.1) is 0 Å². The van der Waals surface area contributed by atoms with E-state index in [1.165, 1.54) is 12.1 Å². The molecule has 9 heteroatoms. The van der Waals surface area contributed by atoms with Crippen LogP contribution in [-0.2, 0) is 21.4 Å². The van der Waals surface area contributed by atoms with E-state index in [9.17, 15) is 13.2 Å². The first-order valence-corrected chi connectivity index (χ1v) is 12.7. The fraction of sp³-hybridized carbons (Fsp3) is 0.240. The van der Waals surface area contributed by atoms with Crippen LogP contribution in [0, 0.1) is 6.92 Å². The molecule has 1 atom stereocenters. The number of carbonyl (C=O) groups is 1. The first-order valence-electron chi connectivity index (χ1n) is 10.5. The fourth-order valence-electron chi connectivity index (χ4n) is 3.48. The molecule has 0 fully saturated rings. The highest BCUT2D eigenvalue weighted by Gasteiger charge is 2.28. The van der Waals surface area contributed by atoms with E-state index in [0.717, 1.165) is 15.4 Å². The molecule has 1 amide bonds. The van der Waals surface area contributed by atoms with Gasteiger partial charge in [-0.25, -0.2) is 8.42 Å². The zero-order valence-corrected chi connectivity index (χ0v) is 21.4. The number of hydrogen-bond donors (Lipinski definition) is 1. The van der Waals surface area contributed by atoms with E-state index >= 15 is 0 Å². The van der Waals surface area contributed by atoms with E-state index in [-0.39, 0.29) is 18.0 Å². The van der Waals surface area contributed by atoms with Gasteiger partial charge in [0.05, 0.1) is 34.6 Å². The van der Waals surface area contributed by atoms with Crippen molar-refractivity contribution in [3.63, 3.8) is 0 Å². The van der Waals surface area contributed by atoms with Crippen LogP contribution in [0.1, 0.15) is 29.7 Å². The van der Waals surface area contributed by atoms with E-state index in [1.807, 2.05) is 32.0 Å². The molecule has 1 unspecified atom stereocenters. The molecule has 6 nitrogen and oxygen atoms in total. The van der Waals surface area contributed by atoms with Crippen LogP contribution in [0.2, 0.25) is 10.0 Å². The molecule has 0 saturated carbocycles. The maximum atomic E-state index is 13.5. The maximum absolute atomic E-state index is 13.5. The number of hydrogen-bond acceptors (Lipinski definition) is 4. The Morgan fingerprint density at radius 2 is 1.71 bits per heavy atom. The van der Waals surface area contributed by atoms with Crippen molar-refractivity contribution >= 4 is 39.1 Å². The smallest absolute Gasteiger partial charge is 0.243 e. The Kier molecular flexibility index (Phi) is 8.60. The quantitative estimate of drug-likeness (QED) is 0.411. The Bertz CT molecular complexity index is 1260. The number of benzene rings is 3. The predicted octanol–water partition coefficient (Wildman–Crippen LogP) is 5.38. The Morgan fingerprint density at radius 3 is 2.35 bits per heavy atom. The van der Waals surface area contributed by atoms with Crippen LogP contribution in [0.25, 0.3) is 0 Å². The molecule has 0 heterocycles. The summed E-state index contributed by atoms with van der Waals surface area (Å²) < 4.78 is 33.4. The third-order valence-corrected chi connectivity index (χ3v) is 7.85. The number of sulfonamides is 1. The Hall–Kier alpha value is -2.58. The van der Waals surface area contributed by atoms with Gasteiger partial charge in [0.1, 0.15) is 5.75 Å². The minimum atomic E-state index is -3.98. The number of nitrogens with one attached hydrogen (secondary N) is 1. The van der Waals surface area contributed by atoms with Gasteiger partial charge in [0.2, 0.25) is 15.9 Å². The van der Waals surface area contributed by atoms with E-state index in [4.69, 9.17) is 27.9 Å². The van der Waals surface area contributed by atoms with Crippen molar-refractivity contribution in [1.29, 1.82) is 0 Å². The summed E-state index contributed by atoms with van der Waals surface area (Å²) in [5.41, 5.74) is 2.32. The van der Waals surface area contributed by atoms with Crippen molar-refractivity contribution in [3.05, 3.63) is 93.5 Å². The zero-order chi connectivity index (χ0) is 24.9. The third kappa shape index (κ3) is 6.30. The highest BCUT2D eigenvalue weighted by atomic mass is 35.5. The number of methoxy groups -OCH3 is 1. The molecular weight excluding hydrogens is 495 g/mol. The van der Waals surface area contributed by atoms with Gasteiger partial charge in [-0.3, -0.25) is 4.79 Å². The number of halogens is 2. The number of carbonyl (C=O) groups excluding carboxylic acids is 1. The second-order valence-corrected chi connectivity index (χ2v) is 10.6. The van der Waals surface area contributed by atoms with Crippen LogP contribution in [0.3, 0.4) is 0 Å². The number of amides is 1. The number of para-hydroxylation sites is 1. The van der Waals surface area contributed by atoms with Gasteiger partial charge in [-0.05, 0) is 49.7 Å². The van der Waals surface area contributed by atoms with Crippen molar-refractivity contribution in [2.24, 2.45) is 0 Å².